The summed E-state index contributed by atoms with van der Waals surface area (Å²) in [6.45, 7) is 8.86. The van der Waals surface area contributed by atoms with Crippen LogP contribution in [-0.2, 0) is 5.41 Å². The van der Waals surface area contributed by atoms with E-state index in [2.05, 4.69) is 39.8 Å². The minimum Gasteiger partial charge on any atom is -0.508 e. The third-order valence-corrected chi connectivity index (χ3v) is 8.18. The van der Waals surface area contributed by atoms with Gasteiger partial charge >= 0.3 is 0 Å². The first-order chi connectivity index (χ1) is 14.8. The van der Waals surface area contributed by atoms with Gasteiger partial charge in [0.1, 0.15) is 11.5 Å². The molecule has 2 heteroatoms. The molecule has 0 bridgehead atoms. The molecular formula is C29H40O2. The zero-order chi connectivity index (χ0) is 22.2. The van der Waals surface area contributed by atoms with Crippen LogP contribution < -0.4 is 0 Å². The fraction of sp³-hybridized carbons (Fsp3) is 0.586. The number of phenols is 2. The van der Waals surface area contributed by atoms with Gasteiger partial charge in [0.2, 0.25) is 0 Å². The average molecular weight is 421 g/mol. The number of benzene rings is 2. The molecule has 2 saturated carbocycles. The van der Waals surface area contributed by atoms with E-state index in [4.69, 9.17) is 0 Å². The van der Waals surface area contributed by atoms with Crippen LogP contribution in [0.4, 0.5) is 0 Å². The van der Waals surface area contributed by atoms with Gasteiger partial charge in [0.15, 0.2) is 0 Å². The van der Waals surface area contributed by atoms with Crippen molar-refractivity contribution in [3.8, 4) is 11.5 Å². The molecule has 0 radical (unpaired) electrons. The van der Waals surface area contributed by atoms with Gasteiger partial charge in [0, 0.05) is 5.41 Å². The summed E-state index contributed by atoms with van der Waals surface area (Å²) < 4.78 is 0. The number of aromatic hydroxyl groups is 2. The standard InChI is InChI=1S/C29H40O2/c1-19-15-27(30)23(21-11-7-5-8-12-21)17-25(19)29(3,4)26-18-24(28(31)16-20(26)2)22-13-9-6-10-14-22/h15-18,21-22,30-31H,5-14H2,1-4H3. The molecule has 2 N–H and O–H groups in total. The molecule has 168 valence electrons. The highest BCUT2D eigenvalue weighted by Crippen LogP contribution is 2.45. The van der Waals surface area contributed by atoms with E-state index in [0.29, 0.717) is 23.3 Å². The Morgan fingerprint density at radius 1 is 0.613 bits per heavy atom. The van der Waals surface area contributed by atoms with Gasteiger partial charge in [-0.15, -0.1) is 0 Å². The fourth-order valence-electron chi connectivity index (χ4n) is 6.39. The zero-order valence-electron chi connectivity index (χ0n) is 19.9. The van der Waals surface area contributed by atoms with Crippen molar-refractivity contribution in [3.05, 3.63) is 57.6 Å². The molecule has 2 fully saturated rings. The maximum atomic E-state index is 10.8. The Bertz CT molecular complexity index is 853. The van der Waals surface area contributed by atoms with E-state index in [0.717, 1.165) is 22.3 Å². The second-order valence-electron chi connectivity index (χ2n) is 10.7. The highest BCUT2D eigenvalue weighted by atomic mass is 16.3. The average Bonchev–Trinajstić information content (AvgIpc) is 2.74. The van der Waals surface area contributed by atoms with Crippen LogP contribution >= 0.6 is 0 Å². The van der Waals surface area contributed by atoms with Crippen molar-refractivity contribution < 1.29 is 10.2 Å². The number of phenolic OH excluding ortho intramolecular Hbond substituents is 2. The SMILES string of the molecule is Cc1cc(O)c(C2CCCCC2)cc1C(C)(C)c1cc(C2CCCCC2)c(O)cc1C. The highest BCUT2D eigenvalue weighted by Gasteiger charge is 2.31. The quantitative estimate of drug-likeness (QED) is 0.524. The van der Waals surface area contributed by atoms with Gasteiger partial charge in [-0.05, 0) is 96.9 Å². The zero-order valence-corrected chi connectivity index (χ0v) is 19.9. The molecule has 0 heterocycles. The molecule has 2 aromatic rings. The molecule has 4 rings (SSSR count). The van der Waals surface area contributed by atoms with E-state index in [1.165, 1.54) is 75.3 Å². The Hall–Kier alpha value is -1.96. The normalized spacial score (nSPS) is 19.0. The van der Waals surface area contributed by atoms with E-state index in [1.807, 2.05) is 12.1 Å². The van der Waals surface area contributed by atoms with E-state index in [-0.39, 0.29) is 5.41 Å². The van der Waals surface area contributed by atoms with Crippen LogP contribution in [0.1, 0.15) is 123 Å². The number of hydrogen-bond acceptors (Lipinski definition) is 2. The lowest BCUT2D eigenvalue weighted by molar-refractivity contribution is 0.412. The van der Waals surface area contributed by atoms with Crippen LogP contribution in [0, 0.1) is 13.8 Å². The lowest BCUT2D eigenvalue weighted by atomic mass is 9.71. The second-order valence-corrected chi connectivity index (χ2v) is 10.7. The van der Waals surface area contributed by atoms with E-state index < -0.39 is 0 Å². The summed E-state index contributed by atoms with van der Waals surface area (Å²) in [5.41, 5.74) is 6.98. The van der Waals surface area contributed by atoms with Gasteiger partial charge in [-0.3, -0.25) is 0 Å². The Kier molecular flexibility index (Phi) is 6.37. The maximum absolute atomic E-state index is 10.8. The third kappa shape index (κ3) is 4.36. The number of rotatable bonds is 4. The van der Waals surface area contributed by atoms with Crippen LogP contribution in [-0.4, -0.2) is 10.2 Å². The van der Waals surface area contributed by atoms with E-state index in [9.17, 15) is 10.2 Å². The van der Waals surface area contributed by atoms with Crippen LogP contribution in [0.3, 0.4) is 0 Å². The molecule has 2 aliphatic carbocycles. The lowest BCUT2D eigenvalue weighted by Crippen LogP contribution is -2.23. The van der Waals surface area contributed by atoms with Crippen molar-refractivity contribution in [1.82, 2.24) is 0 Å². The topological polar surface area (TPSA) is 40.5 Å². The van der Waals surface area contributed by atoms with Gasteiger partial charge < -0.3 is 10.2 Å². The fourth-order valence-corrected chi connectivity index (χ4v) is 6.39. The first kappa shape index (κ1) is 22.2. The third-order valence-electron chi connectivity index (χ3n) is 8.18. The minimum atomic E-state index is -0.192. The highest BCUT2D eigenvalue weighted by molar-refractivity contribution is 5.54. The summed E-state index contributed by atoms with van der Waals surface area (Å²) in [4.78, 5) is 0. The molecule has 2 aliphatic rings. The molecule has 0 saturated heterocycles. The molecule has 0 amide bonds. The molecule has 31 heavy (non-hydrogen) atoms. The van der Waals surface area contributed by atoms with Crippen LogP contribution in [0.5, 0.6) is 11.5 Å². The van der Waals surface area contributed by atoms with Gasteiger partial charge in [-0.2, -0.15) is 0 Å². The Morgan fingerprint density at radius 3 is 1.32 bits per heavy atom. The molecule has 0 spiro atoms. The Morgan fingerprint density at radius 2 is 0.968 bits per heavy atom. The van der Waals surface area contributed by atoms with Crippen LogP contribution in [0.25, 0.3) is 0 Å². The predicted octanol–water partition coefficient (Wildman–Crippen LogP) is 8.14. The van der Waals surface area contributed by atoms with Crippen molar-refractivity contribution in [1.29, 1.82) is 0 Å². The first-order valence-electron chi connectivity index (χ1n) is 12.5. The first-order valence-corrected chi connectivity index (χ1v) is 12.5. The summed E-state index contributed by atoms with van der Waals surface area (Å²) in [6.07, 6.45) is 12.4. The summed E-state index contributed by atoms with van der Waals surface area (Å²) >= 11 is 0. The lowest BCUT2D eigenvalue weighted by Gasteiger charge is -2.33. The molecule has 0 atom stereocenters. The molecule has 0 aromatic heterocycles. The van der Waals surface area contributed by atoms with Gasteiger partial charge in [-0.1, -0.05) is 64.5 Å². The Balaban J connectivity index is 1.77. The molecule has 2 aromatic carbocycles. The monoisotopic (exact) mass is 420 g/mol. The van der Waals surface area contributed by atoms with Gasteiger partial charge in [-0.25, -0.2) is 0 Å². The number of aryl methyl sites for hydroxylation is 2. The molecule has 0 unspecified atom stereocenters. The van der Waals surface area contributed by atoms with Crippen LogP contribution in [0.2, 0.25) is 0 Å². The predicted molar refractivity (Wildman–Crippen MR) is 129 cm³/mol. The second kappa shape index (κ2) is 8.88. The summed E-state index contributed by atoms with van der Waals surface area (Å²) in [7, 11) is 0. The molecule has 0 aliphatic heterocycles. The number of hydrogen-bond donors (Lipinski definition) is 2. The largest absolute Gasteiger partial charge is 0.508 e. The van der Waals surface area contributed by atoms with E-state index >= 15 is 0 Å². The summed E-state index contributed by atoms with van der Waals surface area (Å²) in [6, 6.07) is 8.57. The summed E-state index contributed by atoms with van der Waals surface area (Å²) in [5.74, 6) is 1.88. The molecule has 2 nitrogen and oxygen atoms in total. The van der Waals surface area contributed by atoms with Crippen molar-refractivity contribution in [2.45, 2.75) is 109 Å². The molecular weight excluding hydrogens is 380 g/mol. The van der Waals surface area contributed by atoms with E-state index in [1.54, 1.807) is 0 Å². The minimum absolute atomic E-state index is 0.192. The smallest absolute Gasteiger partial charge is 0.119 e. The van der Waals surface area contributed by atoms with Crippen molar-refractivity contribution in [3.63, 3.8) is 0 Å². The van der Waals surface area contributed by atoms with Crippen LogP contribution in [0.15, 0.2) is 24.3 Å². The van der Waals surface area contributed by atoms with Crippen molar-refractivity contribution in [2.24, 2.45) is 0 Å². The van der Waals surface area contributed by atoms with Crippen molar-refractivity contribution >= 4 is 0 Å². The van der Waals surface area contributed by atoms with Gasteiger partial charge in [0.05, 0.1) is 0 Å². The van der Waals surface area contributed by atoms with Gasteiger partial charge in [0.25, 0.3) is 0 Å². The maximum Gasteiger partial charge on any atom is 0.119 e. The Labute approximate surface area is 188 Å². The van der Waals surface area contributed by atoms with Crippen molar-refractivity contribution in [2.75, 3.05) is 0 Å². The summed E-state index contributed by atoms with van der Waals surface area (Å²) in [5, 5.41) is 21.6.